The molecule has 2 aromatic carbocycles. The van der Waals surface area contributed by atoms with Gasteiger partial charge < -0.3 is 0 Å². The van der Waals surface area contributed by atoms with Crippen LogP contribution >= 0.6 is 0 Å². The second-order valence-electron chi connectivity index (χ2n) is 6.47. The predicted molar refractivity (Wildman–Crippen MR) is 95.7 cm³/mol. The van der Waals surface area contributed by atoms with Crippen molar-refractivity contribution in [2.75, 3.05) is 13.1 Å². The minimum Gasteiger partial charge on any atom is -0.242 e. The van der Waals surface area contributed by atoms with E-state index in [1.54, 1.807) is 28.6 Å². The number of rotatable bonds is 3. The Hall–Kier alpha value is -2.25. The van der Waals surface area contributed by atoms with Gasteiger partial charge >= 0.3 is 0 Å². The monoisotopic (exact) mass is 356 g/mol. The van der Waals surface area contributed by atoms with E-state index in [4.69, 9.17) is 0 Å². The van der Waals surface area contributed by atoms with Crippen LogP contribution in [0, 0.1) is 6.92 Å². The van der Waals surface area contributed by atoms with E-state index in [0.717, 1.165) is 29.4 Å². The van der Waals surface area contributed by atoms with Gasteiger partial charge in [-0.05, 0) is 49.6 Å². The van der Waals surface area contributed by atoms with E-state index in [1.165, 1.54) is 0 Å². The van der Waals surface area contributed by atoms with Crippen molar-refractivity contribution < 1.29 is 8.42 Å². The second-order valence-corrected chi connectivity index (χ2v) is 8.41. The molecule has 25 heavy (non-hydrogen) atoms. The molecule has 0 radical (unpaired) electrons. The van der Waals surface area contributed by atoms with Crippen LogP contribution in [0.1, 0.15) is 24.4 Å². The summed E-state index contributed by atoms with van der Waals surface area (Å²) in [6.45, 7) is 3.02. The number of aryl methyl sites for hydroxylation is 1. The average Bonchev–Trinajstić information content (AvgIpc) is 3.05. The van der Waals surface area contributed by atoms with Gasteiger partial charge in [0.25, 0.3) is 0 Å². The van der Waals surface area contributed by atoms with Crippen molar-refractivity contribution in [3.05, 3.63) is 54.1 Å². The lowest BCUT2D eigenvalue weighted by molar-refractivity contribution is 0.263. The van der Waals surface area contributed by atoms with E-state index in [9.17, 15) is 8.42 Å². The van der Waals surface area contributed by atoms with E-state index in [-0.39, 0.29) is 6.04 Å². The molecule has 1 aliphatic heterocycles. The Morgan fingerprint density at radius 2 is 1.76 bits per heavy atom. The highest BCUT2D eigenvalue weighted by Gasteiger charge is 2.30. The zero-order valence-electron chi connectivity index (χ0n) is 14.0. The third-order valence-electron chi connectivity index (χ3n) is 4.78. The van der Waals surface area contributed by atoms with E-state index in [0.29, 0.717) is 18.0 Å². The predicted octanol–water partition coefficient (Wildman–Crippen LogP) is 2.77. The van der Waals surface area contributed by atoms with Crippen LogP contribution in [0.2, 0.25) is 0 Å². The second kappa shape index (κ2) is 6.24. The number of hydrogen-bond donors (Lipinski definition) is 0. The molecule has 4 rings (SSSR count). The third kappa shape index (κ3) is 2.94. The summed E-state index contributed by atoms with van der Waals surface area (Å²) < 4.78 is 29.0. The van der Waals surface area contributed by atoms with Crippen molar-refractivity contribution in [3.63, 3.8) is 0 Å². The normalized spacial score (nSPS) is 17.2. The molecule has 0 aliphatic carbocycles. The minimum atomic E-state index is -3.41. The molecule has 0 amide bonds. The van der Waals surface area contributed by atoms with E-state index in [2.05, 4.69) is 16.4 Å². The first-order valence-electron chi connectivity index (χ1n) is 8.42. The van der Waals surface area contributed by atoms with Gasteiger partial charge in [0.15, 0.2) is 0 Å². The van der Waals surface area contributed by atoms with E-state index >= 15 is 0 Å². The van der Waals surface area contributed by atoms with Crippen LogP contribution in [0.3, 0.4) is 0 Å². The SMILES string of the molecule is Cc1ccc2c(c1)nnn2C1CCN(S(=O)(=O)c2ccccc2)CC1. The number of hydrogen-bond acceptors (Lipinski definition) is 4. The van der Waals surface area contributed by atoms with Gasteiger partial charge in [0, 0.05) is 13.1 Å². The van der Waals surface area contributed by atoms with Crippen molar-refractivity contribution >= 4 is 21.1 Å². The highest BCUT2D eigenvalue weighted by molar-refractivity contribution is 7.89. The van der Waals surface area contributed by atoms with Gasteiger partial charge in [-0.3, -0.25) is 0 Å². The van der Waals surface area contributed by atoms with Gasteiger partial charge in [0.2, 0.25) is 10.0 Å². The van der Waals surface area contributed by atoms with Gasteiger partial charge in [0.05, 0.1) is 16.5 Å². The summed E-state index contributed by atoms with van der Waals surface area (Å²) in [4.78, 5) is 0.357. The van der Waals surface area contributed by atoms with Gasteiger partial charge in [0.1, 0.15) is 5.52 Å². The van der Waals surface area contributed by atoms with Crippen LogP contribution in [0.25, 0.3) is 11.0 Å². The lowest BCUT2D eigenvalue weighted by atomic mass is 10.1. The molecular weight excluding hydrogens is 336 g/mol. The molecule has 130 valence electrons. The summed E-state index contributed by atoms with van der Waals surface area (Å²) in [5, 5.41) is 8.56. The number of benzene rings is 2. The van der Waals surface area contributed by atoms with Crippen molar-refractivity contribution in [1.29, 1.82) is 0 Å². The molecule has 2 heterocycles. The Morgan fingerprint density at radius 3 is 2.48 bits per heavy atom. The van der Waals surface area contributed by atoms with Crippen LogP contribution in [0.4, 0.5) is 0 Å². The van der Waals surface area contributed by atoms with Crippen molar-refractivity contribution in [2.45, 2.75) is 30.7 Å². The molecule has 0 spiro atoms. The Labute approximate surface area is 147 Å². The molecule has 0 bridgehead atoms. The molecule has 1 aliphatic rings. The Morgan fingerprint density at radius 1 is 1.04 bits per heavy atom. The molecule has 3 aromatic rings. The molecule has 6 nitrogen and oxygen atoms in total. The summed E-state index contributed by atoms with van der Waals surface area (Å²) in [6, 6.07) is 14.9. The van der Waals surface area contributed by atoms with E-state index in [1.807, 2.05) is 29.8 Å². The zero-order valence-corrected chi connectivity index (χ0v) is 14.9. The van der Waals surface area contributed by atoms with Gasteiger partial charge in [-0.2, -0.15) is 4.31 Å². The Balaban J connectivity index is 1.53. The molecule has 0 unspecified atom stereocenters. The first-order valence-corrected chi connectivity index (χ1v) is 9.86. The minimum absolute atomic E-state index is 0.176. The fraction of sp³-hybridized carbons (Fsp3) is 0.333. The van der Waals surface area contributed by atoms with Crippen LogP contribution < -0.4 is 0 Å². The van der Waals surface area contributed by atoms with E-state index < -0.39 is 10.0 Å². The molecule has 1 saturated heterocycles. The summed E-state index contributed by atoms with van der Waals surface area (Å²) in [7, 11) is -3.41. The number of aromatic nitrogens is 3. The maximum atomic E-state index is 12.7. The summed E-state index contributed by atoms with van der Waals surface area (Å²) >= 11 is 0. The summed E-state index contributed by atoms with van der Waals surface area (Å²) in [6.07, 6.45) is 1.47. The van der Waals surface area contributed by atoms with Gasteiger partial charge in [-0.1, -0.05) is 29.5 Å². The zero-order chi connectivity index (χ0) is 17.4. The number of nitrogens with zero attached hydrogens (tertiary/aromatic N) is 4. The van der Waals surface area contributed by atoms with Crippen LogP contribution in [0.15, 0.2) is 53.4 Å². The van der Waals surface area contributed by atoms with Gasteiger partial charge in [-0.25, -0.2) is 13.1 Å². The van der Waals surface area contributed by atoms with Crippen LogP contribution in [0.5, 0.6) is 0 Å². The number of piperidine rings is 1. The Kier molecular flexibility index (Phi) is 4.05. The summed E-state index contributed by atoms with van der Waals surface area (Å²) in [5.41, 5.74) is 3.05. The Bertz CT molecular complexity index is 990. The quantitative estimate of drug-likeness (QED) is 0.724. The lowest BCUT2D eigenvalue weighted by Crippen LogP contribution is -2.39. The van der Waals surface area contributed by atoms with Gasteiger partial charge in [-0.15, -0.1) is 5.10 Å². The molecular formula is C18H20N4O2S. The first kappa shape index (κ1) is 16.2. The lowest BCUT2D eigenvalue weighted by Gasteiger charge is -2.31. The summed E-state index contributed by atoms with van der Waals surface area (Å²) in [5.74, 6) is 0. The highest BCUT2D eigenvalue weighted by atomic mass is 32.2. The highest BCUT2D eigenvalue weighted by Crippen LogP contribution is 2.28. The topological polar surface area (TPSA) is 68.1 Å². The average molecular weight is 356 g/mol. The number of sulfonamides is 1. The van der Waals surface area contributed by atoms with Crippen LogP contribution in [-0.2, 0) is 10.0 Å². The molecule has 1 aromatic heterocycles. The number of fused-ring (bicyclic) bond motifs is 1. The fourth-order valence-electron chi connectivity index (χ4n) is 3.39. The standard InChI is InChI=1S/C18H20N4O2S/c1-14-7-8-18-17(13-14)19-20-22(18)15-9-11-21(12-10-15)25(23,24)16-5-3-2-4-6-16/h2-8,13,15H,9-12H2,1H3. The third-order valence-corrected chi connectivity index (χ3v) is 6.69. The molecule has 0 atom stereocenters. The fourth-order valence-corrected chi connectivity index (χ4v) is 4.88. The van der Waals surface area contributed by atoms with Crippen molar-refractivity contribution in [2.24, 2.45) is 0 Å². The molecule has 7 heteroatoms. The van der Waals surface area contributed by atoms with Crippen molar-refractivity contribution in [1.82, 2.24) is 19.3 Å². The van der Waals surface area contributed by atoms with Crippen LogP contribution in [-0.4, -0.2) is 40.8 Å². The molecule has 1 fully saturated rings. The molecule has 0 N–H and O–H groups in total. The largest absolute Gasteiger partial charge is 0.243 e. The smallest absolute Gasteiger partial charge is 0.242 e. The molecule has 0 saturated carbocycles. The maximum Gasteiger partial charge on any atom is 0.243 e. The first-order chi connectivity index (χ1) is 12.1. The van der Waals surface area contributed by atoms with Crippen molar-refractivity contribution in [3.8, 4) is 0 Å². The maximum absolute atomic E-state index is 12.7.